The minimum Gasteiger partial charge on any atom is -0.330 e. The monoisotopic (exact) mass is 271 g/mol. The van der Waals surface area contributed by atoms with Crippen molar-refractivity contribution in [2.75, 3.05) is 18.4 Å². The molecule has 3 N–H and O–H groups in total. The largest absolute Gasteiger partial charge is 0.330 e. The number of nitrogens with two attached hydrogens (primary N) is 1. The SMILES string of the molecule is CC(C)N(CCCN)C(=O)Nc1ccc(F)cc1F. The lowest BCUT2D eigenvalue weighted by Crippen LogP contribution is -2.41. The van der Waals surface area contributed by atoms with Gasteiger partial charge in [0.15, 0.2) is 0 Å². The number of rotatable bonds is 5. The molecule has 19 heavy (non-hydrogen) atoms. The third-order valence-corrected chi connectivity index (χ3v) is 2.66. The van der Waals surface area contributed by atoms with Gasteiger partial charge in [0.05, 0.1) is 5.69 Å². The number of hydrogen-bond acceptors (Lipinski definition) is 2. The van der Waals surface area contributed by atoms with Crippen LogP contribution in [0.5, 0.6) is 0 Å². The van der Waals surface area contributed by atoms with Crippen LogP contribution in [-0.2, 0) is 0 Å². The summed E-state index contributed by atoms with van der Waals surface area (Å²) in [5.74, 6) is -1.48. The van der Waals surface area contributed by atoms with Crippen LogP contribution in [0, 0.1) is 11.6 Å². The number of halogens is 2. The van der Waals surface area contributed by atoms with Gasteiger partial charge in [-0.25, -0.2) is 13.6 Å². The summed E-state index contributed by atoms with van der Waals surface area (Å²) in [6.07, 6.45) is 0.664. The lowest BCUT2D eigenvalue weighted by Gasteiger charge is -2.26. The minimum absolute atomic E-state index is 0.0324. The molecule has 0 fully saturated rings. The highest BCUT2D eigenvalue weighted by Crippen LogP contribution is 2.16. The zero-order valence-corrected chi connectivity index (χ0v) is 11.1. The van der Waals surface area contributed by atoms with Crippen LogP contribution in [0.2, 0.25) is 0 Å². The molecule has 0 radical (unpaired) electrons. The summed E-state index contributed by atoms with van der Waals surface area (Å²) in [6.45, 7) is 4.68. The number of carbonyl (C=O) groups is 1. The van der Waals surface area contributed by atoms with Crippen molar-refractivity contribution in [2.45, 2.75) is 26.3 Å². The van der Waals surface area contributed by atoms with Gasteiger partial charge in [0.25, 0.3) is 0 Å². The van der Waals surface area contributed by atoms with E-state index in [1.165, 1.54) is 6.07 Å². The molecule has 0 aromatic heterocycles. The number of urea groups is 1. The highest BCUT2D eigenvalue weighted by Gasteiger charge is 2.17. The van der Waals surface area contributed by atoms with Gasteiger partial charge in [-0.1, -0.05) is 0 Å². The molecule has 0 spiro atoms. The van der Waals surface area contributed by atoms with E-state index in [4.69, 9.17) is 5.73 Å². The van der Waals surface area contributed by atoms with Gasteiger partial charge < -0.3 is 16.0 Å². The van der Waals surface area contributed by atoms with Crippen molar-refractivity contribution in [1.29, 1.82) is 0 Å². The summed E-state index contributed by atoms with van der Waals surface area (Å²) in [6, 6.07) is 2.57. The molecule has 1 aromatic carbocycles. The van der Waals surface area contributed by atoms with Gasteiger partial charge >= 0.3 is 6.03 Å². The van der Waals surface area contributed by atoms with Crippen molar-refractivity contribution in [3.8, 4) is 0 Å². The van der Waals surface area contributed by atoms with Gasteiger partial charge in [0.2, 0.25) is 0 Å². The van der Waals surface area contributed by atoms with Crippen LogP contribution in [0.15, 0.2) is 18.2 Å². The molecular formula is C13H19F2N3O. The average Bonchev–Trinajstić information content (AvgIpc) is 2.33. The van der Waals surface area contributed by atoms with Gasteiger partial charge in [-0.3, -0.25) is 0 Å². The fourth-order valence-corrected chi connectivity index (χ4v) is 1.63. The molecule has 1 rings (SSSR count). The Labute approximate surface area is 111 Å². The summed E-state index contributed by atoms with van der Waals surface area (Å²) in [5, 5.41) is 2.43. The molecule has 0 aliphatic heterocycles. The van der Waals surface area contributed by atoms with Gasteiger partial charge in [0.1, 0.15) is 11.6 Å². The number of nitrogens with one attached hydrogen (secondary N) is 1. The molecule has 0 saturated heterocycles. The quantitative estimate of drug-likeness (QED) is 0.864. The van der Waals surface area contributed by atoms with E-state index in [2.05, 4.69) is 5.32 Å². The van der Waals surface area contributed by atoms with E-state index in [0.29, 0.717) is 19.5 Å². The van der Waals surface area contributed by atoms with E-state index < -0.39 is 17.7 Å². The van der Waals surface area contributed by atoms with Crippen molar-refractivity contribution in [3.05, 3.63) is 29.8 Å². The Balaban J connectivity index is 2.75. The third-order valence-electron chi connectivity index (χ3n) is 2.66. The summed E-state index contributed by atoms with van der Waals surface area (Å²) in [4.78, 5) is 13.6. The number of benzene rings is 1. The molecular weight excluding hydrogens is 252 g/mol. The molecule has 0 atom stereocenters. The smallest absolute Gasteiger partial charge is 0.322 e. The lowest BCUT2D eigenvalue weighted by molar-refractivity contribution is 0.196. The van der Waals surface area contributed by atoms with Gasteiger partial charge in [-0.05, 0) is 38.9 Å². The lowest BCUT2D eigenvalue weighted by atomic mass is 10.2. The topological polar surface area (TPSA) is 58.4 Å². The molecule has 0 bridgehead atoms. The number of carbonyl (C=O) groups excluding carboxylic acids is 1. The third kappa shape index (κ3) is 4.48. The summed E-state index contributed by atoms with van der Waals surface area (Å²) >= 11 is 0. The zero-order valence-electron chi connectivity index (χ0n) is 11.1. The van der Waals surface area contributed by atoms with Crippen LogP contribution in [0.25, 0.3) is 0 Å². The highest BCUT2D eigenvalue weighted by molar-refractivity contribution is 5.89. The fraction of sp³-hybridized carbons (Fsp3) is 0.462. The number of anilines is 1. The van der Waals surface area contributed by atoms with E-state index in [0.717, 1.165) is 12.1 Å². The van der Waals surface area contributed by atoms with Crippen LogP contribution in [0.1, 0.15) is 20.3 Å². The Bertz CT molecular complexity index is 438. The predicted octanol–water partition coefficient (Wildman–Crippen LogP) is 2.56. The fourth-order valence-electron chi connectivity index (χ4n) is 1.63. The molecule has 0 saturated carbocycles. The Kier molecular flexibility index (Phi) is 5.69. The Hall–Kier alpha value is -1.69. The minimum atomic E-state index is -0.795. The maximum absolute atomic E-state index is 13.4. The number of nitrogens with zero attached hydrogens (tertiary/aromatic N) is 1. The molecule has 0 unspecified atom stereocenters. The standard InChI is InChI=1S/C13H19F2N3O/c1-9(2)18(7-3-6-16)13(19)17-12-5-4-10(14)8-11(12)15/h4-5,8-9H,3,6-7,16H2,1-2H3,(H,17,19). The first-order valence-electron chi connectivity index (χ1n) is 6.18. The van der Waals surface area contributed by atoms with Crippen molar-refractivity contribution in [1.82, 2.24) is 4.90 Å². The van der Waals surface area contributed by atoms with Crippen molar-refractivity contribution in [2.24, 2.45) is 5.73 Å². The van der Waals surface area contributed by atoms with E-state index in [9.17, 15) is 13.6 Å². The summed E-state index contributed by atoms with van der Waals surface area (Å²) < 4.78 is 26.2. The van der Waals surface area contributed by atoms with Crippen molar-refractivity contribution in [3.63, 3.8) is 0 Å². The van der Waals surface area contributed by atoms with Gasteiger partial charge in [0, 0.05) is 18.7 Å². The summed E-state index contributed by atoms with van der Waals surface area (Å²) in [7, 11) is 0. The van der Waals surface area contributed by atoms with Gasteiger partial charge in [-0.15, -0.1) is 0 Å². The second-order valence-electron chi connectivity index (χ2n) is 4.48. The van der Waals surface area contributed by atoms with E-state index in [1.54, 1.807) is 4.90 Å². The Morgan fingerprint density at radius 2 is 2.11 bits per heavy atom. The molecule has 0 aliphatic rings. The first-order valence-corrected chi connectivity index (χ1v) is 6.18. The molecule has 6 heteroatoms. The first kappa shape index (κ1) is 15.4. The zero-order chi connectivity index (χ0) is 14.4. The predicted molar refractivity (Wildman–Crippen MR) is 70.9 cm³/mol. The number of hydrogen-bond donors (Lipinski definition) is 2. The van der Waals surface area contributed by atoms with Crippen LogP contribution in [0.4, 0.5) is 19.3 Å². The van der Waals surface area contributed by atoms with Gasteiger partial charge in [-0.2, -0.15) is 0 Å². The van der Waals surface area contributed by atoms with Crippen molar-refractivity contribution >= 4 is 11.7 Å². The molecule has 0 aliphatic carbocycles. The first-order chi connectivity index (χ1) is 8.95. The maximum Gasteiger partial charge on any atom is 0.322 e. The van der Waals surface area contributed by atoms with Crippen LogP contribution < -0.4 is 11.1 Å². The molecule has 1 aromatic rings. The highest BCUT2D eigenvalue weighted by atomic mass is 19.1. The second-order valence-corrected chi connectivity index (χ2v) is 4.48. The van der Waals surface area contributed by atoms with Crippen LogP contribution >= 0.6 is 0 Å². The Morgan fingerprint density at radius 3 is 2.63 bits per heavy atom. The normalized spacial score (nSPS) is 10.6. The Morgan fingerprint density at radius 1 is 1.42 bits per heavy atom. The van der Waals surface area contributed by atoms with E-state index >= 15 is 0 Å². The molecule has 2 amide bonds. The maximum atomic E-state index is 13.4. The molecule has 0 heterocycles. The van der Waals surface area contributed by atoms with E-state index in [1.807, 2.05) is 13.8 Å². The summed E-state index contributed by atoms with van der Waals surface area (Å²) in [5.41, 5.74) is 5.37. The molecule has 106 valence electrons. The number of amides is 2. The second kappa shape index (κ2) is 7.04. The van der Waals surface area contributed by atoms with Crippen molar-refractivity contribution < 1.29 is 13.6 Å². The van der Waals surface area contributed by atoms with Crippen LogP contribution in [0.3, 0.4) is 0 Å². The van der Waals surface area contributed by atoms with Crippen LogP contribution in [-0.4, -0.2) is 30.1 Å². The average molecular weight is 271 g/mol. The van der Waals surface area contributed by atoms with E-state index in [-0.39, 0.29) is 11.7 Å². The molecule has 4 nitrogen and oxygen atoms in total.